The first-order valence-corrected chi connectivity index (χ1v) is 6.10. The molecule has 0 unspecified atom stereocenters. The molecule has 1 aromatic carbocycles. The number of amides is 1. The fraction of sp³-hybridized carbons (Fsp3) is 0.143. The largest absolute Gasteiger partial charge is 0.320 e. The Morgan fingerprint density at radius 1 is 1.25 bits per heavy atom. The van der Waals surface area contributed by atoms with Crippen molar-refractivity contribution < 1.29 is 9.72 Å². The minimum atomic E-state index is -0.504. The Morgan fingerprint density at radius 2 is 1.95 bits per heavy atom. The zero-order chi connectivity index (χ0) is 14.5. The van der Waals surface area contributed by atoms with Crippen molar-refractivity contribution in [1.82, 2.24) is 4.98 Å². The van der Waals surface area contributed by atoms with Crippen LogP contribution in [0.25, 0.3) is 11.1 Å². The number of hydrogen-bond acceptors (Lipinski definition) is 4. The van der Waals surface area contributed by atoms with E-state index in [2.05, 4.69) is 10.3 Å². The topological polar surface area (TPSA) is 85.1 Å². The molecule has 0 aliphatic carbocycles. The van der Waals surface area contributed by atoms with Gasteiger partial charge in [0.2, 0.25) is 5.91 Å². The first-order chi connectivity index (χ1) is 9.61. The van der Waals surface area contributed by atoms with Gasteiger partial charge in [-0.05, 0) is 29.3 Å². The lowest BCUT2D eigenvalue weighted by Gasteiger charge is -2.07. The van der Waals surface area contributed by atoms with E-state index in [9.17, 15) is 14.9 Å². The summed E-state index contributed by atoms with van der Waals surface area (Å²) in [6.07, 6.45) is 3.51. The van der Waals surface area contributed by atoms with Gasteiger partial charge in [-0.1, -0.05) is 13.0 Å². The lowest BCUT2D eigenvalue weighted by Crippen LogP contribution is -2.11. The van der Waals surface area contributed by atoms with Crippen LogP contribution in [0.1, 0.15) is 13.3 Å². The fourth-order valence-electron chi connectivity index (χ4n) is 1.75. The lowest BCUT2D eigenvalue weighted by atomic mass is 10.1. The Labute approximate surface area is 115 Å². The smallest absolute Gasteiger partial charge is 0.293 e. The van der Waals surface area contributed by atoms with Crippen molar-refractivity contribution in [2.24, 2.45) is 0 Å². The van der Waals surface area contributed by atoms with E-state index in [0.717, 1.165) is 5.56 Å². The average molecular weight is 271 g/mol. The molecule has 6 nitrogen and oxygen atoms in total. The predicted molar refractivity (Wildman–Crippen MR) is 75.2 cm³/mol. The van der Waals surface area contributed by atoms with Gasteiger partial charge in [0, 0.05) is 24.9 Å². The summed E-state index contributed by atoms with van der Waals surface area (Å²) in [4.78, 5) is 25.9. The molecule has 1 N–H and O–H groups in total. The molecule has 1 heterocycles. The summed E-state index contributed by atoms with van der Waals surface area (Å²) in [5, 5.41) is 13.6. The van der Waals surface area contributed by atoms with Gasteiger partial charge < -0.3 is 5.32 Å². The lowest BCUT2D eigenvalue weighted by molar-refractivity contribution is -0.383. The van der Waals surface area contributed by atoms with Crippen LogP contribution in [-0.2, 0) is 4.79 Å². The number of anilines is 1. The molecule has 20 heavy (non-hydrogen) atoms. The number of aromatic nitrogens is 1. The molecule has 1 aromatic heterocycles. The number of benzene rings is 1. The van der Waals surface area contributed by atoms with Crippen LogP contribution in [0.5, 0.6) is 0 Å². The number of pyridine rings is 1. The maximum absolute atomic E-state index is 11.4. The third-order valence-corrected chi connectivity index (χ3v) is 2.80. The van der Waals surface area contributed by atoms with Gasteiger partial charge in [-0.25, -0.2) is 0 Å². The van der Waals surface area contributed by atoms with Crippen LogP contribution in [0.2, 0.25) is 0 Å². The molecule has 0 atom stereocenters. The van der Waals surface area contributed by atoms with E-state index < -0.39 is 4.92 Å². The molecule has 0 fully saturated rings. The maximum Gasteiger partial charge on any atom is 0.293 e. The van der Waals surface area contributed by atoms with Crippen molar-refractivity contribution in [3.05, 3.63) is 52.8 Å². The zero-order valence-corrected chi connectivity index (χ0v) is 10.9. The van der Waals surface area contributed by atoms with Gasteiger partial charge in [0.1, 0.15) is 5.69 Å². The van der Waals surface area contributed by atoms with Crippen molar-refractivity contribution >= 4 is 17.3 Å². The summed E-state index contributed by atoms with van der Waals surface area (Å²) >= 11 is 0. The monoisotopic (exact) mass is 271 g/mol. The van der Waals surface area contributed by atoms with E-state index in [0.29, 0.717) is 5.56 Å². The van der Waals surface area contributed by atoms with Crippen LogP contribution in [0, 0.1) is 10.1 Å². The number of nitrogens with zero attached hydrogens (tertiary/aromatic N) is 2. The van der Waals surface area contributed by atoms with Crippen LogP contribution in [0.4, 0.5) is 11.4 Å². The van der Waals surface area contributed by atoms with Crippen molar-refractivity contribution in [2.45, 2.75) is 13.3 Å². The van der Waals surface area contributed by atoms with Crippen molar-refractivity contribution in [2.75, 3.05) is 5.32 Å². The first-order valence-electron chi connectivity index (χ1n) is 6.10. The molecule has 102 valence electrons. The number of carbonyl (C=O) groups excluding carboxylic acids is 1. The number of nitro groups is 1. The quantitative estimate of drug-likeness (QED) is 0.684. The van der Waals surface area contributed by atoms with Crippen LogP contribution < -0.4 is 5.32 Å². The second-order valence-corrected chi connectivity index (χ2v) is 4.13. The van der Waals surface area contributed by atoms with Crippen molar-refractivity contribution in [3.8, 4) is 11.1 Å². The average Bonchev–Trinajstić information content (AvgIpc) is 2.48. The van der Waals surface area contributed by atoms with Crippen LogP contribution in [0.15, 0.2) is 42.7 Å². The van der Waals surface area contributed by atoms with Gasteiger partial charge in [0.05, 0.1) is 4.92 Å². The molecular weight excluding hydrogens is 258 g/mol. The van der Waals surface area contributed by atoms with E-state index in [4.69, 9.17) is 0 Å². The molecule has 0 aliphatic rings. The standard InChI is InChI=1S/C14H13N3O3/c1-2-14(18)16-12-4-3-11(9-13(12)17(19)20)10-5-7-15-8-6-10/h3-9H,2H2,1H3,(H,16,18). The van der Waals surface area contributed by atoms with Gasteiger partial charge in [-0.3, -0.25) is 19.9 Å². The first kappa shape index (κ1) is 13.7. The molecule has 0 saturated heterocycles. The van der Waals surface area contributed by atoms with E-state index in [1.54, 1.807) is 43.6 Å². The van der Waals surface area contributed by atoms with E-state index in [-0.39, 0.29) is 23.7 Å². The van der Waals surface area contributed by atoms with Gasteiger partial charge in [0.15, 0.2) is 0 Å². The normalized spacial score (nSPS) is 10.1. The Morgan fingerprint density at radius 3 is 2.55 bits per heavy atom. The third-order valence-electron chi connectivity index (χ3n) is 2.80. The van der Waals surface area contributed by atoms with Crippen LogP contribution in [-0.4, -0.2) is 15.8 Å². The molecule has 0 aliphatic heterocycles. The predicted octanol–water partition coefficient (Wildman–Crippen LogP) is 3.01. The fourth-order valence-corrected chi connectivity index (χ4v) is 1.75. The summed E-state index contributed by atoms with van der Waals surface area (Å²) in [6, 6.07) is 8.25. The number of rotatable bonds is 4. The zero-order valence-electron chi connectivity index (χ0n) is 10.9. The van der Waals surface area contributed by atoms with Gasteiger partial charge >= 0.3 is 0 Å². The van der Waals surface area contributed by atoms with Crippen LogP contribution in [0.3, 0.4) is 0 Å². The van der Waals surface area contributed by atoms with E-state index in [1.807, 2.05) is 0 Å². The summed E-state index contributed by atoms with van der Waals surface area (Å²) < 4.78 is 0. The Balaban J connectivity index is 2.43. The molecule has 0 radical (unpaired) electrons. The SMILES string of the molecule is CCC(=O)Nc1ccc(-c2ccncc2)cc1[N+](=O)[O-]. The third kappa shape index (κ3) is 2.97. The molecule has 1 amide bonds. The number of carbonyl (C=O) groups is 1. The Kier molecular flexibility index (Phi) is 4.05. The van der Waals surface area contributed by atoms with E-state index >= 15 is 0 Å². The minimum absolute atomic E-state index is 0.124. The molecule has 2 aromatic rings. The van der Waals surface area contributed by atoms with Crippen molar-refractivity contribution in [1.29, 1.82) is 0 Å². The molecular formula is C14H13N3O3. The summed E-state index contributed by atoms with van der Waals surface area (Å²) in [5.41, 5.74) is 1.62. The molecule has 2 rings (SSSR count). The van der Waals surface area contributed by atoms with Gasteiger partial charge in [-0.15, -0.1) is 0 Å². The van der Waals surface area contributed by atoms with E-state index in [1.165, 1.54) is 6.07 Å². The number of hydrogen-bond donors (Lipinski definition) is 1. The molecule has 6 heteroatoms. The van der Waals surface area contributed by atoms with Crippen LogP contribution >= 0.6 is 0 Å². The Bertz CT molecular complexity index is 641. The number of nitrogens with one attached hydrogen (secondary N) is 1. The Hall–Kier alpha value is -2.76. The minimum Gasteiger partial charge on any atom is -0.320 e. The highest BCUT2D eigenvalue weighted by Crippen LogP contribution is 2.30. The highest BCUT2D eigenvalue weighted by atomic mass is 16.6. The highest BCUT2D eigenvalue weighted by molar-refractivity contribution is 5.93. The molecule has 0 saturated carbocycles. The summed E-state index contributed by atoms with van der Waals surface area (Å²) in [7, 11) is 0. The molecule has 0 bridgehead atoms. The van der Waals surface area contributed by atoms with Gasteiger partial charge in [-0.2, -0.15) is 0 Å². The molecule has 0 spiro atoms. The van der Waals surface area contributed by atoms with Gasteiger partial charge in [0.25, 0.3) is 5.69 Å². The summed E-state index contributed by atoms with van der Waals surface area (Å²) in [6.45, 7) is 1.69. The maximum atomic E-state index is 11.4. The number of nitro benzene ring substituents is 1. The second-order valence-electron chi connectivity index (χ2n) is 4.13. The second kappa shape index (κ2) is 5.92. The van der Waals surface area contributed by atoms with Crippen molar-refractivity contribution in [3.63, 3.8) is 0 Å². The highest BCUT2D eigenvalue weighted by Gasteiger charge is 2.16. The summed E-state index contributed by atoms with van der Waals surface area (Å²) in [5.74, 6) is -0.259.